The minimum absolute atomic E-state index is 0.673. The Balaban J connectivity index is 1.79. The summed E-state index contributed by atoms with van der Waals surface area (Å²) in [6.45, 7) is 3.16. The number of aromatic nitrogens is 2. The lowest BCUT2D eigenvalue weighted by Crippen LogP contribution is -2.33. The molecule has 0 amide bonds. The molecule has 0 aliphatic carbocycles. The van der Waals surface area contributed by atoms with Crippen molar-refractivity contribution in [3.63, 3.8) is 0 Å². The van der Waals surface area contributed by atoms with E-state index in [4.69, 9.17) is 4.74 Å². The summed E-state index contributed by atoms with van der Waals surface area (Å²) >= 11 is 0. The zero-order chi connectivity index (χ0) is 11.2. The van der Waals surface area contributed by atoms with Crippen LogP contribution in [0.2, 0.25) is 0 Å². The molecule has 1 aromatic rings. The fourth-order valence-electron chi connectivity index (χ4n) is 1.85. The monoisotopic (exact) mass is 222 g/mol. The molecule has 0 radical (unpaired) electrons. The molecule has 0 aromatic carbocycles. The molecule has 16 heavy (non-hydrogen) atoms. The number of hydrogen-bond acceptors (Lipinski definition) is 5. The van der Waals surface area contributed by atoms with E-state index >= 15 is 0 Å². The maximum Gasteiger partial charge on any atom is 0.222 e. The van der Waals surface area contributed by atoms with Crippen molar-refractivity contribution in [2.45, 2.75) is 12.8 Å². The van der Waals surface area contributed by atoms with Crippen molar-refractivity contribution in [2.75, 3.05) is 32.1 Å². The van der Waals surface area contributed by atoms with Crippen LogP contribution in [-0.4, -0.2) is 36.7 Å². The van der Waals surface area contributed by atoms with Gasteiger partial charge in [-0.3, -0.25) is 0 Å². The van der Waals surface area contributed by atoms with Gasteiger partial charge in [-0.05, 0) is 31.8 Å². The van der Waals surface area contributed by atoms with Crippen LogP contribution >= 0.6 is 0 Å². The first-order valence-electron chi connectivity index (χ1n) is 5.69. The number of hydrogen-bond donors (Lipinski definition) is 2. The molecule has 1 aromatic heterocycles. The van der Waals surface area contributed by atoms with Crippen LogP contribution in [0.5, 0.6) is 5.75 Å². The van der Waals surface area contributed by atoms with E-state index in [0.717, 1.165) is 19.6 Å². The van der Waals surface area contributed by atoms with Crippen molar-refractivity contribution >= 4 is 5.95 Å². The van der Waals surface area contributed by atoms with E-state index in [9.17, 15) is 0 Å². The Morgan fingerprint density at radius 3 is 2.94 bits per heavy atom. The van der Waals surface area contributed by atoms with Gasteiger partial charge in [0.05, 0.1) is 19.5 Å². The summed E-state index contributed by atoms with van der Waals surface area (Å²) < 4.78 is 5.00. The smallest absolute Gasteiger partial charge is 0.222 e. The Morgan fingerprint density at radius 1 is 1.50 bits per heavy atom. The molecule has 5 nitrogen and oxygen atoms in total. The second-order valence-electron chi connectivity index (χ2n) is 4.04. The predicted molar refractivity (Wildman–Crippen MR) is 62.7 cm³/mol. The van der Waals surface area contributed by atoms with Gasteiger partial charge in [0.15, 0.2) is 5.75 Å². The summed E-state index contributed by atoms with van der Waals surface area (Å²) in [5.41, 5.74) is 0. The van der Waals surface area contributed by atoms with E-state index in [1.807, 2.05) is 0 Å². The average Bonchev–Trinajstić information content (AvgIpc) is 2.38. The lowest BCUT2D eigenvalue weighted by atomic mass is 10.00. The zero-order valence-electron chi connectivity index (χ0n) is 9.57. The molecule has 1 unspecified atom stereocenters. The first kappa shape index (κ1) is 11.1. The second-order valence-corrected chi connectivity index (χ2v) is 4.04. The van der Waals surface area contributed by atoms with E-state index in [2.05, 4.69) is 20.6 Å². The fraction of sp³-hybridized carbons (Fsp3) is 0.636. The first-order chi connectivity index (χ1) is 7.88. The zero-order valence-corrected chi connectivity index (χ0v) is 9.57. The summed E-state index contributed by atoms with van der Waals surface area (Å²) in [5, 5.41) is 6.64. The molecule has 5 heteroatoms. The minimum atomic E-state index is 0.673. The highest BCUT2D eigenvalue weighted by atomic mass is 16.5. The number of methoxy groups -OCH3 is 1. The summed E-state index contributed by atoms with van der Waals surface area (Å²) in [4.78, 5) is 8.33. The summed E-state index contributed by atoms with van der Waals surface area (Å²) in [7, 11) is 1.61. The van der Waals surface area contributed by atoms with Crippen molar-refractivity contribution in [1.82, 2.24) is 15.3 Å². The van der Waals surface area contributed by atoms with Gasteiger partial charge in [0, 0.05) is 6.54 Å². The number of nitrogens with zero attached hydrogens (tertiary/aromatic N) is 2. The average molecular weight is 222 g/mol. The highest BCUT2D eigenvalue weighted by molar-refractivity contribution is 5.26. The van der Waals surface area contributed by atoms with E-state index in [-0.39, 0.29) is 0 Å². The maximum absolute atomic E-state index is 5.00. The number of piperidine rings is 1. The van der Waals surface area contributed by atoms with Gasteiger partial charge in [0.25, 0.3) is 0 Å². The normalized spacial score (nSPS) is 20.4. The Morgan fingerprint density at radius 2 is 2.31 bits per heavy atom. The lowest BCUT2D eigenvalue weighted by Gasteiger charge is -2.22. The molecular weight excluding hydrogens is 204 g/mol. The predicted octanol–water partition coefficient (Wildman–Crippen LogP) is 0.897. The molecule has 2 heterocycles. The van der Waals surface area contributed by atoms with E-state index in [0.29, 0.717) is 17.6 Å². The van der Waals surface area contributed by atoms with Crippen molar-refractivity contribution in [3.05, 3.63) is 12.4 Å². The molecule has 1 aliphatic heterocycles. The molecule has 0 saturated carbocycles. The van der Waals surface area contributed by atoms with Gasteiger partial charge in [0.2, 0.25) is 5.95 Å². The van der Waals surface area contributed by atoms with Crippen molar-refractivity contribution in [3.8, 4) is 5.75 Å². The number of rotatable bonds is 4. The molecule has 1 fully saturated rings. The van der Waals surface area contributed by atoms with Crippen molar-refractivity contribution in [2.24, 2.45) is 5.92 Å². The Kier molecular flexibility index (Phi) is 3.93. The molecule has 2 rings (SSSR count). The molecule has 2 N–H and O–H groups in total. The molecule has 0 bridgehead atoms. The Bertz CT molecular complexity index is 308. The third-order valence-electron chi connectivity index (χ3n) is 2.81. The van der Waals surface area contributed by atoms with Crippen LogP contribution in [0.15, 0.2) is 12.4 Å². The van der Waals surface area contributed by atoms with Crippen molar-refractivity contribution in [1.29, 1.82) is 0 Å². The first-order valence-corrected chi connectivity index (χ1v) is 5.69. The van der Waals surface area contributed by atoms with Crippen LogP contribution in [0.1, 0.15) is 12.8 Å². The highest BCUT2D eigenvalue weighted by Crippen LogP contribution is 2.11. The van der Waals surface area contributed by atoms with Gasteiger partial charge in [-0.15, -0.1) is 0 Å². The summed E-state index contributed by atoms with van der Waals surface area (Å²) in [5.74, 6) is 2.04. The third-order valence-corrected chi connectivity index (χ3v) is 2.81. The van der Waals surface area contributed by atoms with Crippen molar-refractivity contribution < 1.29 is 4.74 Å². The van der Waals surface area contributed by atoms with Crippen LogP contribution in [0.3, 0.4) is 0 Å². The van der Waals surface area contributed by atoms with Gasteiger partial charge in [-0.1, -0.05) is 0 Å². The number of nitrogens with one attached hydrogen (secondary N) is 2. The van der Waals surface area contributed by atoms with Gasteiger partial charge in [0.1, 0.15) is 0 Å². The van der Waals surface area contributed by atoms with E-state index in [1.54, 1.807) is 19.5 Å². The van der Waals surface area contributed by atoms with E-state index in [1.165, 1.54) is 12.8 Å². The maximum atomic E-state index is 5.00. The van der Waals surface area contributed by atoms with Crippen LogP contribution in [0, 0.1) is 5.92 Å². The largest absolute Gasteiger partial charge is 0.494 e. The second kappa shape index (κ2) is 5.65. The summed E-state index contributed by atoms with van der Waals surface area (Å²) in [6, 6.07) is 0. The standard InChI is InChI=1S/C11H18N4O/c1-16-10-7-14-11(15-8-10)13-6-9-3-2-4-12-5-9/h7-9,12H,2-6H2,1H3,(H,13,14,15). The van der Waals surface area contributed by atoms with Gasteiger partial charge < -0.3 is 15.4 Å². The van der Waals surface area contributed by atoms with E-state index < -0.39 is 0 Å². The highest BCUT2D eigenvalue weighted by Gasteiger charge is 2.12. The SMILES string of the molecule is COc1cnc(NCC2CCCNC2)nc1. The van der Waals surface area contributed by atoms with Crippen LogP contribution in [0.4, 0.5) is 5.95 Å². The summed E-state index contributed by atoms with van der Waals surface area (Å²) in [6.07, 6.45) is 5.88. The van der Waals surface area contributed by atoms with Gasteiger partial charge in [-0.25, -0.2) is 9.97 Å². The lowest BCUT2D eigenvalue weighted by molar-refractivity contribution is 0.392. The Labute approximate surface area is 95.6 Å². The topological polar surface area (TPSA) is 59.1 Å². The quantitative estimate of drug-likeness (QED) is 0.792. The fourth-order valence-corrected chi connectivity index (χ4v) is 1.85. The van der Waals surface area contributed by atoms with Crippen LogP contribution < -0.4 is 15.4 Å². The molecule has 1 saturated heterocycles. The Hall–Kier alpha value is -1.36. The third kappa shape index (κ3) is 3.06. The molecule has 0 spiro atoms. The number of anilines is 1. The number of ether oxygens (including phenoxy) is 1. The molecule has 88 valence electrons. The van der Waals surface area contributed by atoms with Gasteiger partial charge in [-0.2, -0.15) is 0 Å². The molecule has 1 atom stereocenters. The molecular formula is C11H18N4O. The van der Waals surface area contributed by atoms with Gasteiger partial charge >= 0.3 is 0 Å². The van der Waals surface area contributed by atoms with Crippen LogP contribution in [0.25, 0.3) is 0 Å². The molecule has 1 aliphatic rings. The minimum Gasteiger partial charge on any atom is -0.494 e. The van der Waals surface area contributed by atoms with Crippen LogP contribution in [-0.2, 0) is 0 Å².